The van der Waals surface area contributed by atoms with Crippen molar-refractivity contribution in [2.24, 2.45) is 0 Å². The van der Waals surface area contributed by atoms with Crippen LogP contribution in [0.5, 0.6) is 23.0 Å². The number of aromatic hydroxyl groups is 2. The summed E-state index contributed by atoms with van der Waals surface area (Å²) < 4.78 is 14.8. The van der Waals surface area contributed by atoms with Crippen molar-refractivity contribution in [3.8, 4) is 23.0 Å². The number of phenolic OH excluding ortho intramolecular Hbond substituents is 2. The molecule has 0 aliphatic carbocycles. The number of ether oxygens (including phenoxy) is 2. The zero-order valence-electron chi connectivity index (χ0n) is 26.5. The van der Waals surface area contributed by atoms with Crippen molar-refractivity contribution < 1.29 is 29.3 Å². The zero-order valence-corrected chi connectivity index (χ0v) is 26.5. The highest BCUT2D eigenvalue weighted by molar-refractivity contribution is 6.04. The summed E-state index contributed by atoms with van der Waals surface area (Å²) in [5.74, 6) is 0.0647. The van der Waals surface area contributed by atoms with Crippen molar-refractivity contribution in [2.75, 3.05) is 10.6 Å². The first-order valence-electron chi connectivity index (χ1n) is 15.1. The average molecular weight is 661 g/mol. The number of fused-ring (bicyclic) bond motifs is 1. The number of aromatic nitrogens is 6. The van der Waals surface area contributed by atoms with Gasteiger partial charge in [-0.15, -0.1) is 0 Å². The maximum absolute atomic E-state index is 12.5. The first-order valence-corrected chi connectivity index (χ1v) is 15.1. The van der Waals surface area contributed by atoms with Gasteiger partial charge < -0.3 is 30.3 Å². The molecule has 0 atom stereocenters. The molecule has 0 fully saturated rings. The molecule has 0 spiro atoms. The second kappa shape index (κ2) is 14.0. The van der Waals surface area contributed by atoms with E-state index in [1.807, 2.05) is 44.3 Å². The normalized spacial score (nSPS) is 12.4. The highest BCUT2D eigenvalue weighted by Gasteiger charge is 2.32. The van der Waals surface area contributed by atoms with Crippen molar-refractivity contribution in [3.63, 3.8) is 0 Å². The number of phenols is 2. The lowest BCUT2D eigenvalue weighted by Crippen LogP contribution is -2.29. The number of hydrogen-bond acceptors (Lipinski definition) is 10. The number of rotatable bonds is 8. The van der Waals surface area contributed by atoms with Crippen molar-refractivity contribution in [1.82, 2.24) is 29.5 Å². The lowest BCUT2D eigenvalue weighted by Gasteiger charge is -2.16. The molecule has 6 aromatic rings. The Labute approximate surface area is 280 Å². The number of hydrogen-bond donors (Lipinski definition) is 4. The lowest BCUT2D eigenvalue weighted by molar-refractivity contribution is -0.0431. The molecule has 4 aromatic heterocycles. The Morgan fingerprint density at radius 2 is 1.14 bits per heavy atom. The van der Waals surface area contributed by atoms with E-state index in [-0.39, 0.29) is 23.0 Å². The van der Waals surface area contributed by atoms with Crippen molar-refractivity contribution in [1.29, 1.82) is 0 Å². The third-order valence-electron chi connectivity index (χ3n) is 7.11. The van der Waals surface area contributed by atoms with Gasteiger partial charge in [-0.2, -0.15) is 10.2 Å². The zero-order chi connectivity index (χ0) is 34.4. The van der Waals surface area contributed by atoms with E-state index in [9.17, 15) is 19.8 Å². The molecule has 1 aliphatic heterocycles. The first-order chi connectivity index (χ1) is 23.6. The molecule has 0 saturated carbocycles. The fraction of sp³-hybridized carbons (Fsp3) is 0.143. The highest BCUT2D eigenvalue weighted by Crippen LogP contribution is 2.39. The molecule has 1 aliphatic rings. The number of benzene rings is 2. The van der Waals surface area contributed by atoms with Crippen LogP contribution in [0.4, 0.5) is 11.6 Å². The Morgan fingerprint density at radius 3 is 1.67 bits per heavy atom. The minimum Gasteiger partial charge on any atom is -0.504 e. The van der Waals surface area contributed by atoms with Crippen molar-refractivity contribution in [2.45, 2.75) is 32.7 Å². The minimum absolute atomic E-state index is 0.226. The second-order valence-corrected chi connectivity index (χ2v) is 11.4. The van der Waals surface area contributed by atoms with Gasteiger partial charge in [0.25, 0.3) is 11.8 Å². The van der Waals surface area contributed by atoms with Crippen LogP contribution < -0.4 is 20.1 Å². The number of nitrogens with one attached hydrogen (secondary N) is 2. The summed E-state index contributed by atoms with van der Waals surface area (Å²) in [6.07, 6.45) is 10.5. The van der Waals surface area contributed by atoms with Crippen LogP contribution in [0, 0.1) is 0 Å². The molecule has 0 radical (unpaired) electrons. The Morgan fingerprint density at radius 1 is 0.653 bits per heavy atom. The van der Waals surface area contributed by atoms with Gasteiger partial charge in [-0.1, -0.05) is 0 Å². The Balaban J connectivity index is 0.000000171. The Bertz CT molecular complexity index is 2080. The fourth-order valence-corrected chi connectivity index (χ4v) is 4.79. The number of pyridine rings is 2. The van der Waals surface area contributed by atoms with E-state index in [0.717, 1.165) is 11.1 Å². The number of carbonyl (C=O) groups excluding carboxylic acids is 2. The van der Waals surface area contributed by atoms with E-state index in [4.69, 9.17) is 9.47 Å². The highest BCUT2D eigenvalue weighted by atomic mass is 16.7. The van der Waals surface area contributed by atoms with E-state index in [2.05, 4.69) is 30.8 Å². The molecule has 5 heterocycles. The first kappa shape index (κ1) is 32.2. The van der Waals surface area contributed by atoms with E-state index in [0.29, 0.717) is 41.8 Å². The van der Waals surface area contributed by atoms with Gasteiger partial charge >= 0.3 is 0 Å². The van der Waals surface area contributed by atoms with Gasteiger partial charge in [0.2, 0.25) is 5.79 Å². The summed E-state index contributed by atoms with van der Waals surface area (Å²) in [5, 5.41) is 32.8. The third kappa shape index (κ3) is 8.37. The van der Waals surface area contributed by atoms with Crippen LogP contribution in [0.2, 0.25) is 0 Å². The van der Waals surface area contributed by atoms with Crippen molar-refractivity contribution >= 4 is 23.5 Å². The van der Waals surface area contributed by atoms with Crippen molar-refractivity contribution in [3.05, 3.63) is 132 Å². The molecule has 14 nitrogen and oxygen atoms in total. The molecule has 4 N–H and O–H groups in total. The molecule has 248 valence electrons. The Hall–Kier alpha value is -6.70. The molecule has 2 amide bonds. The Kier molecular flexibility index (Phi) is 9.19. The summed E-state index contributed by atoms with van der Waals surface area (Å²) in [5.41, 5.74) is 2.83. The molecule has 0 bridgehead atoms. The summed E-state index contributed by atoms with van der Waals surface area (Å²) in [6.45, 7) is 4.82. The van der Waals surface area contributed by atoms with Crippen LogP contribution in [-0.2, 0) is 13.1 Å². The molecule has 7 rings (SSSR count). The summed E-state index contributed by atoms with van der Waals surface area (Å²) in [7, 11) is 0. The molecular formula is C35H32N8O6. The van der Waals surface area contributed by atoms with Crippen LogP contribution in [0.3, 0.4) is 0 Å². The molecule has 14 heteroatoms. The quantitative estimate of drug-likeness (QED) is 0.161. The van der Waals surface area contributed by atoms with E-state index in [1.165, 1.54) is 18.2 Å². The molecule has 0 unspecified atom stereocenters. The number of amides is 2. The third-order valence-corrected chi connectivity index (χ3v) is 7.11. The monoisotopic (exact) mass is 660 g/mol. The minimum atomic E-state index is -0.719. The molecule has 2 aromatic carbocycles. The predicted octanol–water partition coefficient (Wildman–Crippen LogP) is 5.08. The predicted molar refractivity (Wildman–Crippen MR) is 179 cm³/mol. The van der Waals surface area contributed by atoms with Crippen LogP contribution in [0.25, 0.3) is 0 Å². The van der Waals surface area contributed by atoms with Crippen LogP contribution in [0.1, 0.15) is 45.7 Å². The molecular weight excluding hydrogens is 628 g/mol. The van der Waals surface area contributed by atoms with E-state index < -0.39 is 11.7 Å². The number of nitrogens with zero attached hydrogens (tertiary/aromatic N) is 6. The molecule has 0 saturated heterocycles. The number of anilines is 2. The van der Waals surface area contributed by atoms with E-state index in [1.54, 1.807) is 70.7 Å². The lowest BCUT2D eigenvalue weighted by atomic mass is 10.2. The average Bonchev–Trinajstić information content (AvgIpc) is 3.80. The largest absolute Gasteiger partial charge is 0.504 e. The van der Waals surface area contributed by atoms with Gasteiger partial charge in [0.05, 0.1) is 13.1 Å². The maximum atomic E-state index is 12.5. The SMILES string of the molecule is CC1(C)Oc2ccc(C(=O)Nc3ccn(Cc4ccncc4)n3)cc2O1.O=C(Nc1ccn(Cc2ccncc2)n1)c1ccc(O)c(O)c1. The number of carbonyl (C=O) groups is 2. The van der Waals surface area contributed by atoms with Gasteiger partial charge in [-0.25, -0.2) is 0 Å². The van der Waals surface area contributed by atoms with Gasteiger partial charge in [-0.3, -0.25) is 28.9 Å². The smallest absolute Gasteiger partial charge is 0.257 e. The second-order valence-electron chi connectivity index (χ2n) is 11.4. The summed E-state index contributed by atoms with van der Waals surface area (Å²) >= 11 is 0. The van der Waals surface area contributed by atoms with E-state index >= 15 is 0 Å². The summed E-state index contributed by atoms with van der Waals surface area (Å²) in [4.78, 5) is 32.5. The van der Waals surface area contributed by atoms with Gasteiger partial charge in [0, 0.05) is 74.3 Å². The fourth-order valence-electron chi connectivity index (χ4n) is 4.79. The summed E-state index contributed by atoms with van der Waals surface area (Å²) in [6, 6.07) is 20.0. The van der Waals surface area contributed by atoms with Crippen LogP contribution in [-0.4, -0.2) is 57.3 Å². The topological polar surface area (TPSA) is 179 Å². The molecule has 49 heavy (non-hydrogen) atoms. The van der Waals surface area contributed by atoms with Gasteiger partial charge in [0.1, 0.15) is 0 Å². The standard InChI is InChI=1S/C19H18N4O3.C16H14N4O3/c1-19(2)25-15-4-3-14(11-16(15)26-19)18(24)21-17-7-10-23(22-17)12-13-5-8-20-9-6-13;21-13-2-1-12(9-14(13)22)16(23)18-15-5-8-20(19-15)10-11-3-6-17-7-4-11/h3-11H,12H2,1-2H3,(H,21,22,24);1-9,21-22H,10H2,(H,18,19,23). The van der Waals surface area contributed by atoms with Gasteiger partial charge in [-0.05, 0) is 71.8 Å². The van der Waals surface area contributed by atoms with Crippen LogP contribution >= 0.6 is 0 Å². The maximum Gasteiger partial charge on any atom is 0.257 e. The van der Waals surface area contributed by atoms with Crippen LogP contribution in [0.15, 0.2) is 110 Å². The van der Waals surface area contributed by atoms with Gasteiger partial charge in [0.15, 0.2) is 34.6 Å².